The van der Waals surface area contributed by atoms with Gasteiger partial charge < -0.3 is 16.4 Å². The largest absolute Gasteiger partial charge is 0.366 e. The number of amides is 2. The van der Waals surface area contributed by atoms with Crippen LogP contribution in [0.25, 0.3) is 16.6 Å². The van der Waals surface area contributed by atoms with E-state index in [2.05, 4.69) is 15.7 Å². The number of carbonyl (C=O) groups excluding carboxylic acids is 2. The third kappa shape index (κ3) is 6.52. The molecule has 5 rings (SSSR count). The topological polar surface area (TPSA) is 102 Å². The zero-order valence-corrected chi connectivity index (χ0v) is 23.0. The summed E-state index contributed by atoms with van der Waals surface area (Å²) in [5.41, 5.74) is 7.41. The van der Waals surface area contributed by atoms with Crippen molar-refractivity contribution in [3.8, 4) is 5.69 Å². The zero-order valence-electron chi connectivity index (χ0n) is 21.3. The number of hydrogen-bond acceptors (Lipinski definition) is 6. The maximum absolute atomic E-state index is 15.2. The highest BCUT2D eigenvalue weighted by Crippen LogP contribution is 2.40. The van der Waals surface area contributed by atoms with Crippen LogP contribution in [0.4, 0.5) is 4.39 Å². The average Bonchev–Trinajstić information content (AvgIpc) is 3.60. The van der Waals surface area contributed by atoms with Crippen molar-refractivity contribution in [2.45, 2.75) is 68.7 Å². The number of carbonyl (C=O) groups is 2. The number of nitrogens with two attached hydrogens (primary N) is 1. The maximum atomic E-state index is 15.2. The Hall–Kier alpha value is -2.56. The second-order valence-corrected chi connectivity index (χ2v) is 12.9. The van der Waals surface area contributed by atoms with Crippen molar-refractivity contribution in [2.75, 3.05) is 12.3 Å². The van der Waals surface area contributed by atoms with Gasteiger partial charge in [0.1, 0.15) is 17.0 Å². The first-order valence-corrected chi connectivity index (χ1v) is 15.7. The van der Waals surface area contributed by atoms with E-state index in [0.29, 0.717) is 29.7 Å². The first-order valence-electron chi connectivity index (χ1n) is 13.4. The fourth-order valence-electron chi connectivity index (χ4n) is 5.28. The highest BCUT2D eigenvalue weighted by Gasteiger charge is 2.24. The van der Waals surface area contributed by atoms with E-state index in [-0.39, 0.29) is 23.8 Å². The van der Waals surface area contributed by atoms with Crippen LogP contribution < -0.4 is 16.4 Å². The van der Waals surface area contributed by atoms with Gasteiger partial charge in [0.25, 0.3) is 5.91 Å². The summed E-state index contributed by atoms with van der Waals surface area (Å²) < 4.78 is 16.7. The zero-order chi connectivity index (χ0) is 26.5. The number of nitrogens with one attached hydrogen (secondary N) is 2. The van der Waals surface area contributed by atoms with Crippen LogP contribution in [0.15, 0.2) is 42.6 Å². The Morgan fingerprint density at radius 2 is 2.08 bits per heavy atom. The molecular weight excluding hydrogens is 521 g/mol. The van der Waals surface area contributed by atoms with Crippen molar-refractivity contribution in [3.63, 3.8) is 0 Å². The fraction of sp³-hybridized carbons (Fsp3) is 0.464. The number of benzene rings is 2. The quantitative estimate of drug-likeness (QED) is 0.233. The second kappa shape index (κ2) is 12.5. The number of rotatable bonds is 10. The van der Waals surface area contributed by atoms with E-state index < -0.39 is 5.91 Å². The summed E-state index contributed by atoms with van der Waals surface area (Å²) in [7, 11) is 3.96. The minimum Gasteiger partial charge on any atom is -0.366 e. The van der Waals surface area contributed by atoms with Gasteiger partial charge in [0.15, 0.2) is 0 Å². The molecule has 0 bridgehead atoms. The molecule has 0 radical (unpaired) electrons. The van der Waals surface area contributed by atoms with Crippen molar-refractivity contribution in [1.82, 2.24) is 20.4 Å². The molecule has 10 heteroatoms. The standard InChI is InChI=1S/C28H34FN5O2S2/c29-23-15-18(11-12-25(23)34-17-19-5-3-8-22(28(30)36)27(19)33-34)24-9-4-6-20(32-24)16-31-26(35)10-2-1-7-21-13-14-37-38-21/h3,5,8,11-12,15,17,20-21,24,32H,1-2,4,6-7,9-10,13-14,16H2,(H2,30,36)(H,31,35). The van der Waals surface area contributed by atoms with Gasteiger partial charge in [-0.1, -0.05) is 46.2 Å². The predicted molar refractivity (Wildman–Crippen MR) is 153 cm³/mol. The van der Waals surface area contributed by atoms with E-state index in [9.17, 15) is 9.59 Å². The van der Waals surface area contributed by atoms with E-state index in [1.54, 1.807) is 30.5 Å². The lowest BCUT2D eigenvalue weighted by Crippen LogP contribution is -2.44. The number of unbranched alkanes of at least 4 members (excludes halogenated alkanes) is 1. The molecule has 1 aromatic heterocycles. The average molecular weight is 556 g/mol. The first-order chi connectivity index (χ1) is 18.5. The molecule has 38 heavy (non-hydrogen) atoms. The van der Waals surface area contributed by atoms with E-state index in [0.717, 1.165) is 48.3 Å². The van der Waals surface area contributed by atoms with Crippen molar-refractivity contribution in [3.05, 3.63) is 59.5 Å². The van der Waals surface area contributed by atoms with Crippen molar-refractivity contribution in [2.24, 2.45) is 5.73 Å². The molecule has 0 aliphatic carbocycles. The lowest BCUT2D eigenvalue weighted by molar-refractivity contribution is -0.121. The van der Waals surface area contributed by atoms with Gasteiger partial charge in [-0.25, -0.2) is 9.07 Å². The van der Waals surface area contributed by atoms with Gasteiger partial charge in [0.05, 0.1) is 5.56 Å². The lowest BCUT2D eigenvalue weighted by Gasteiger charge is -2.31. The van der Waals surface area contributed by atoms with Crippen molar-refractivity contribution < 1.29 is 14.0 Å². The second-order valence-electron chi connectivity index (χ2n) is 10.1. The normalized spacial score (nSPS) is 21.6. The lowest BCUT2D eigenvalue weighted by atomic mass is 9.93. The van der Waals surface area contributed by atoms with Crippen LogP contribution in [-0.2, 0) is 4.79 Å². The highest BCUT2D eigenvalue weighted by molar-refractivity contribution is 8.77. The summed E-state index contributed by atoms with van der Waals surface area (Å²) in [6.07, 6.45) is 9.73. The van der Waals surface area contributed by atoms with Crippen LogP contribution in [0.2, 0.25) is 0 Å². The molecule has 2 fully saturated rings. The van der Waals surface area contributed by atoms with E-state index in [4.69, 9.17) is 5.73 Å². The van der Waals surface area contributed by atoms with Gasteiger partial charge in [-0.15, -0.1) is 0 Å². The molecule has 0 saturated carbocycles. The number of halogens is 1. The summed E-state index contributed by atoms with van der Waals surface area (Å²) in [5, 5.41) is 12.6. The number of primary amides is 1. The Morgan fingerprint density at radius 1 is 1.18 bits per heavy atom. The Labute approximate surface area is 230 Å². The van der Waals surface area contributed by atoms with E-state index in [1.807, 2.05) is 33.7 Å². The highest BCUT2D eigenvalue weighted by atomic mass is 33.1. The molecule has 2 aliphatic rings. The van der Waals surface area contributed by atoms with Crippen LogP contribution >= 0.6 is 21.6 Å². The number of aromatic nitrogens is 2. The summed E-state index contributed by atoms with van der Waals surface area (Å²) in [6.45, 7) is 0.590. The number of fused-ring (bicyclic) bond motifs is 1. The minimum atomic E-state index is -0.566. The summed E-state index contributed by atoms with van der Waals surface area (Å²) in [5.74, 6) is 0.415. The Bertz CT molecular complexity index is 1290. The molecule has 2 amide bonds. The molecule has 0 spiro atoms. The SMILES string of the molecule is NC(=O)c1cccc2cn(-c3ccc(C4CCCC(CNC(=O)CCCCC5CCSS5)N4)cc3F)nc12. The van der Waals surface area contributed by atoms with E-state index in [1.165, 1.54) is 23.3 Å². The molecule has 3 atom stereocenters. The monoisotopic (exact) mass is 555 g/mol. The van der Waals surface area contributed by atoms with Gasteiger partial charge in [-0.3, -0.25) is 9.59 Å². The molecule has 4 N–H and O–H groups in total. The van der Waals surface area contributed by atoms with Crippen LogP contribution in [-0.4, -0.2) is 45.2 Å². The van der Waals surface area contributed by atoms with Crippen LogP contribution in [0, 0.1) is 5.82 Å². The molecule has 7 nitrogen and oxygen atoms in total. The molecule has 3 aromatic rings. The number of hydrogen-bond donors (Lipinski definition) is 3. The summed E-state index contributed by atoms with van der Waals surface area (Å²) >= 11 is 0. The van der Waals surface area contributed by atoms with Crippen molar-refractivity contribution >= 4 is 44.3 Å². The Kier molecular flexibility index (Phi) is 8.91. The van der Waals surface area contributed by atoms with Gasteiger partial charge in [-0.2, -0.15) is 5.10 Å². The molecule has 202 valence electrons. The van der Waals surface area contributed by atoms with Crippen LogP contribution in [0.5, 0.6) is 0 Å². The molecule has 2 saturated heterocycles. The third-order valence-electron chi connectivity index (χ3n) is 7.36. The first kappa shape index (κ1) is 27.0. The van der Waals surface area contributed by atoms with Crippen LogP contribution in [0.3, 0.4) is 0 Å². The van der Waals surface area contributed by atoms with Gasteiger partial charge in [0.2, 0.25) is 5.91 Å². The molecule has 2 aliphatic heterocycles. The molecule has 2 aromatic carbocycles. The minimum absolute atomic E-state index is 0.0224. The third-order valence-corrected chi connectivity index (χ3v) is 10.4. The summed E-state index contributed by atoms with van der Waals surface area (Å²) in [6, 6.07) is 10.5. The molecular formula is C28H34FN5O2S2. The molecule has 3 unspecified atom stereocenters. The fourth-order valence-corrected chi connectivity index (χ4v) is 8.31. The Morgan fingerprint density at radius 3 is 2.87 bits per heavy atom. The number of piperidine rings is 1. The van der Waals surface area contributed by atoms with Crippen molar-refractivity contribution in [1.29, 1.82) is 0 Å². The Balaban J connectivity index is 1.15. The smallest absolute Gasteiger partial charge is 0.250 e. The molecule has 3 heterocycles. The van der Waals surface area contributed by atoms with Crippen LogP contribution in [0.1, 0.15) is 73.3 Å². The predicted octanol–water partition coefficient (Wildman–Crippen LogP) is 5.28. The van der Waals surface area contributed by atoms with Gasteiger partial charge in [-0.05, 0) is 62.3 Å². The van der Waals surface area contributed by atoms with Gasteiger partial charge >= 0.3 is 0 Å². The maximum Gasteiger partial charge on any atom is 0.250 e. The van der Waals surface area contributed by atoms with Gasteiger partial charge in [0, 0.05) is 47.6 Å². The summed E-state index contributed by atoms with van der Waals surface area (Å²) in [4.78, 5) is 24.1. The number of nitrogens with zero attached hydrogens (tertiary/aromatic N) is 2. The van der Waals surface area contributed by atoms with E-state index >= 15 is 4.39 Å².